The van der Waals surface area contributed by atoms with E-state index >= 15 is 0 Å². The van der Waals surface area contributed by atoms with Crippen LogP contribution in [0.25, 0.3) is 0 Å². The molecule has 0 saturated heterocycles. The Morgan fingerprint density at radius 2 is 1.80 bits per heavy atom. The molecule has 20 heavy (non-hydrogen) atoms. The molecule has 1 unspecified atom stereocenters. The molecular formula is C15H20ClNO3. The second-order valence-electron chi connectivity index (χ2n) is 4.95. The van der Waals surface area contributed by atoms with Gasteiger partial charge in [-0.2, -0.15) is 0 Å². The van der Waals surface area contributed by atoms with Gasteiger partial charge >= 0.3 is 6.09 Å². The Balaban J connectivity index is 2.62. The van der Waals surface area contributed by atoms with Gasteiger partial charge in [0.15, 0.2) is 0 Å². The van der Waals surface area contributed by atoms with Crippen molar-refractivity contribution < 1.29 is 14.3 Å². The number of amides is 1. The Bertz CT molecular complexity index is 448. The van der Waals surface area contributed by atoms with E-state index in [1.54, 1.807) is 6.92 Å². The van der Waals surface area contributed by atoms with Crippen molar-refractivity contribution in [2.75, 3.05) is 0 Å². The lowest BCUT2D eigenvalue weighted by atomic mass is 10.2. The van der Waals surface area contributed by atoms with Crippen molar-refractivity contribution in [1.29, 1.82) is 0 Å². The first-order valence-corrected chi connectivity index (χ1v) is 6.97. The minimum Gasteiger partial charge on any atom is -0.445 e. The molecular weight excluding hydrogens is 278 g/mol. The van der Waals surface area contributed by atoms with Crippen LogP contribution in [0.15, 0.2) is 30.3 Å². The van der Waals surface area contributed by atoms with E-state index in [1.807, 2.05) is 44.2 Å². The van der Waals surface area contributed by atoms with Crippen molar-refractivity contribution in [3.05, 3.63) is 35.9 Å². The first-order chi connectivity index (χ1) is 9.41. The van der Waals surface area contributed by atoms with Crippen LogP contribution in [0, 0.1) is 0 Å². The monoisotopic (exact) mass is 297 g/mol. The number of rotatable bonds is 6. The maximum absolute atomic E-state index is 12.1. The van der Waals surface area contributed by atoms with E-state index in [9.17, 15) is 9.59 Å². The Morgan fingerprint density at radius 3 is 2.30 bits per heavy atom. The van der Waals surface area contributed by atoms with Crippen molar-refractivity contribution in [1.82, 2.24) is 4.90 Å². The van der Waals surface area contributed by atoms with E-state index < -0.39 is 11.3 Å². The maximum atomic E-state index is 12.1. The van der Waals surface area contributed by atoms with Crippen LogP contribution in [0.5, 0.6) is 0 Å². The summed E-state index contributed by atoms with van der Waals surface area (Å²) in [7, 11) is 0. The van der Waals surface area contributed by atoms with Crippen molar-refractivity contribution in [2.24, 2.45) is 0 Å². The Morgan fingerprint density at radius 1 is 1.20 bits per heavy atom. The van der Waals surface area contributed by atoms with Crippen LogP contribution in [0.4, 0.5) is 4.79 Å². The molecule has 1 amide bonds. The molecule has 0 spiro atoms. The summed E-state index contributed by atoms with van der Waals surface area (Å²) in [6, 6.07) is 9.10. The molecule has 0 N–H and O–H groups in total. The van der Waals surface area contributed by atoms with Gasteiger partial charge in [0.1, 0.15) is 6.61 Å². The van der Waals surface area contributed by atoms with Gasteiger partial charge < -0.3 is 9.64 Å². The third-order valence-electron chi connectivity index (χ3n) is 2.90. The lowest BCUT2D eigenvalue weighted by molar-refractivity contribution is -0.112. The number of ether oxygens (including phenoxy) is 1. The fraction of sp³-hybridized carbons (Fsp3) is 0.467. The molecule has 0 aromatic heterocycles. The van der Waals surface area contributed by atoms with E-state index in [2.05, 4.69) is 0 Å². The van der Waals surface area contributed by atoms with Crippen molar-refractivity contribution in [3.63, 3.8) is 0 Å². The first-order valence-electron chi connectivity index (χ1n) is 6.59. The average Bonchev–Trinajstić information content (AvgIpc) is 2.36. The summed E-state index contributed by atoms with van der Waals surface area (Å²) < 4.78 is 5.29. The Labute approximate surface area is 124 Å². The number of nitrogens with zero attached hydrogens (tertiary/aromatic N) is 1. The lowest BCUT2D eigenvalue weighted by Crippen LogP contribution is -2.44. The van der Waals surface area contributed by atoms with Crippen molar-refractivity contribution >= 4 is 22.9 Å². The predicted molar refractivity (Wildman–Crippen MR) is 78.5 cm³/mol. The zero-order valence-electron chi connectivity index (χ0n) is 12.0. The predicted octanol–water partition coefficient (Wildman–Crippen LogP) is 3.58. The molecule has 4 nitrogen and oxygen atoms in total. The van der Waals surface area contributed by atoms with Gasteiger partial charge in [-0.1, -0.05) is 30.3 Å². The molecule has 0 radical (unpaired) electrons. The Hall–Kier alpha value is -1.55. The van der Waals surface area contributed by atoms with Crippen molar-refractivity contribution in [3.8, 4) is 0 Å². The molecule has 0 aliphatic carbocycles. The van der Waals surface area contributed by atoms with Crippen LogP contribution in [0.3, 0.4) is 0 Å². The molecule has 1 aromatic rings. The molecule has 0 fully saturated rings. The van der Waals surface area contributed by atoms with Gasteiger partial charge in [0, 0.05) is 18.5 Å². The second-order valence-corrected chi connectivity index (χ2v) is 5.37. The summed E-state index contributed by atoms with van der Waals surface area (Å²) in [5, 5.41) is -0.459. The summed E-state index contributed by atoms with van der Waals surface area (Å²) in [4.78, 5) is 24.6. The van der Waals surface area contributed by atoms with Crippen molar-refractivity contribution in [2.45, 2.75) is 45.9 Å². The topological polar surface area (TPSA) is 46.6 Å². The average molecular weight is 298 g/mol. The number of carbonyl (C=O) groups is 2. The van der Waals surface area contributed by atoms with E-state index in [1.165, 1.54) is 4.90 Å². The fourth-order valence-electron chi connectivity index (χ4n) is 2.02. The van der Waals surface area contributed by atoms with Crippen LogP contribution >= 0.6 is 11.6 Å². The van der Waals surface area contributed by atoms with Crippen LogP contribution in [-0.2, 0) is 16.1 Å². The highest BCUT2D eigenvalue weighted by molar-refractivity contribution is 6.63. The smallest absolute Gasteiger partial charge is 0.410 e. The largest absolute Gasteiger partial charge is 0.445 e. The molecule has 1 rings (SSSR count). The highest BCUT2D eigenvalue weighted by Crippen LogP contribution is 2.13. The molecule has 0 heterocycles. The van der Waals surface area contributed by atoms with Gasteiger partial charge in [-0.3, -0.25) is 4.79 Å². The molecule has 5 heteroatoms. The SMILES string of the molecule is CC(C)N(C(=O)OCc1ccccc1)C(C)CC(=O)Cl. The minimum atomic E-state index is -0.459. The van der Waals surface area contributed by atoms with E-state index in [4.69, 9.17) is 16.3 Å². The highest BCUT2D eigenvalue weighted by atomic mass is 35.5. The molecule has 0 bridgehead atoms. The summed E-state index contributed by atoms with van der Waals surface area (Å²) in [5.74, 6) is 0. The lowest BCUT2D eigenvalue weighted by Gasteiger charge is -2.31. The molecule has 1 aromatic carbocycles. The van der Waals surface area contributed by atoms with Gasteiger partial charge in [-0.15, -0.1) is 0 Å². The normalized spacial score (nSPS) is 12.1. The second kappa shape index (κ2) is 7.90. The number of benzene rings is 1. The highest BCUT2D eigenvalue weighted by Gasteiger charge is 2.25. The molecule has 0 aliphatic heterocycles. The standard InChI is InChI=1S/C15H20ClNO3/c1-11(2)17(12(3)9-14(16)18)15(19)20-10-13-7-5-4-6-8-13/h4-8,11-12H,9-10H2,1-3H3. The summed E-state index contributed by atoms with van der Waals surface area (Å²) in [5.41, 5.74) is 0.922. The van der Waals surface area contributed by atoms with Crippen LogP contribution in [0.2, 0.25) is 0 Å². The van der Waals surface area contributed by atoms with Gasteiger partial charge in [0.25, 0.3) is 0 Å². The van der Waals surface area contributed by atoms with Crippen LogP contribution in [-0.4, -0.2) is 28.3 Å². The molecule has 0 saturated carbocycles. The fourth-order valence-corrected chi connectivity index (χ4v) is 2.25. The quantitative estimate of drug-likeness (QED) is 0.754. The van der Waals surface area contributed by atoms with Gasteiger partial charge in [-0.25, -0.2) is 4.79 Å². The van der Waals surface area contributed by atoms with Crippen LogP contribution in [0.1, 0.15) is 32.8 Å². The third kappa shape index (κ3) is 5.21. The number of carbonyl (C=O) groups excluding carboxylic acids is 2. The Kier molecular flexibility index (Phi) is 6.52. The van der Waals surface area contributed by atoms with Gasteiger partial charge in [0.05, 0.1) is 0 Å². The van der Waals surface area contributed by atoms with Crippen LogP contribution < -0.4 is 0 Å². The first kappa shape index (κ1) is 16.5. The van der Waals surface area contributed by atoms with E-state index in [0.29, 0.717) is 0 Å². The summed E-state index contributed by atoms with van der Waals surface area (Å²) in [6.07, 6.45) is -0.325. The minimum absolute atomic E-state index is 0.0655. The third-order valence-corrected chi connectivity index (χ3v) is 3.06. The molecule has 0 aliphatic rings. The molecule has 1 atom stereocenters. The summed E-state index contributed by atoms with van der Waals surface area (Å²) >= 11 is 5.38. The molecule has 110 valence electrons. The van der Waals surface area contributed by atoms with Gasteiger partial charge in [0.2, 0.25) is 5.24 Å². The zero-order valence-corrected chi connectivity index (χ0v) is 12.8. The zero-order chi connectivity index (χ0) is 15.1. The number of hydrogen-bond donors (Lipinski definition) is 0. The maximum Gasteiger partial charge on any atom is 0.410 e. The van der Waals surface area contributed by atoms with E-state index in [0.717, 1.165) is 5.56 Å². The number of halogens is 1. The number of hydrogen-bond acceptors (Lipinski definition) is 3. The van der Waals surface area contributed by atoms with Gasteiger partial charge in [-0.05, 0) is 37.9 Å². The van der Waals surface area contributed by atoms with E-state index in [-0.39, 0.29) is 25.1 Å². The summed E-state index contributed by atoms with van der Waals surface area (Å²) in [6.45, 7) is 5.74.